The molecule has 1 saturated carbocycles. The number of methoxy groups -OCH3 is 1. The number of nitrogens with zero attached hydrogens (tertiary/aromatic N) is 2. The Morgan fingerprint density at radius 2 is 2.00 bits per heavy atom. The molecule has 7 heteroatoms. The molecule has 3 nitrogen and oxygen atoms in total. The molecule has 0 radical (unpaired) electrons. The highest BCUT2D eigenvalue weighted by atomic mass is 79.9. The zero-order chi connectivity index (χ0) is 17.0. The van der Waals surface area contributed by atoms with Gasteiger partial charge in [0.1, 0.15) is 6.07 Å². The van der Waals surface area contributed by atoms with Crippen LogP contribution in [0.15, 0.2) is 16.6 Å². The Labute approximate surface area is 141 Å². The highest BCUT2D eigenvalue weighted by molar-refractivity contribution is 9.10. The molecule has 1 aliphatic carbocycles. The van der Waals surface area contributed by atoms with Crippen LogP contribution < -0.4 is 4.74 Å². The molecule has 0 aliphatic heterocycles. The second-order valence-corrected chi connectivity index (χ2v) is 6.40. The molecule has 2 rings (SSSR count). The fraction of sp³-hybridized carbons (Fsp3) is 0.500. The summed E-state index contributed by atoms with van der Waals surface area (Å²) in [5, 5.41) is 8.95. The largest absolute Gasteiger partial charge is 0.481 e. The van der Waals surface area contributed by atoms with E-state index in [1.807, 2.05) is 12.1 Å². The monoisotopic (exact) mass is 388 g/mol. The molecular weight excluding hydrogens is 373 g/mol. The maximum absolute atomic E-state index is 12.7. The molecule has 1 fully saturated rings. The summed E-state index contributed by atoms with van der Waals surface area (Å²) in [7, 11) is 1.46. The third kappa shape index (κ3) is 4.47. The first-order valence-corrected chi connectivity index (χ1v) is 8.04. The van der Waals surface area contributed by atoms with Gasteiger partial charge in [-0.05, 0) is 53.6 Å². The van der Waals surface area contributed by atoms with Crippen LogP contribution in [0.2, 0.25) is 0 Å². The number of aromatic nitrogens is 1. The van der Waals surface area contributed by atoms with Crippen molar-refractivity contribution in [3.63, 3.8) is 0 Å². The molecule has 1 aliphatic rings. The Hall–Kier alpha value is -1.55. The van der Waals surface area contributed by atoms with Gasteiger partial charge in [-0.15, -0.1) is 0 Å². The fourth-order valence-electron chi connectivity index (χ4n) is 2.73. The maximum Gasteiger partial charge on any atom is 0.391 e. The van der Waals surface area contributed by atoms with Crippen LogP contribution in [-0.2, 0) is 0 Å². The molecule has 23 heavy (non-hydrogen) atoms. The quantitative estimate of drug-likeness (QED) is 0.722. The summed E-state index contributed by atoms with van der Waals surface area (Å²) in [5.74, 6) is -0.731. The van der Waals surface area contributed by atoms with E-state index in [0.29, 0.717) is 28.8 Å². The Bertz CT molecular complexity index is 629. The predicted molar refractivity (Wildman–Crippen MR) is 83.7 cm³/mol. The SMILES string of the molecule is COc1nc(C#N)c(Br)cc1/C=C/[C@H]1CC[C@H](C(F)(F)F)CC1. The first kappa shape index (κ1) is 17.8. The number of rotatable bonds is 3. The molecule has 1 aromatic rings. The lowest BCUT2D eigenvalue weighted by atomic mass is 9.81. The van der Waals surface area contributed by atoms with Gasteiger partial charge in [-0.2, -0.15) is 18.4 Å². The van der Waals surface area contributed by atoms with Crippen molar-refractivity contribution in [1.82, 2.24) is 4.98 Å². The molecule has 0 aromatic carbocycles. The molecule has 0 saturated heterocycles. The smallest absolute Gasteiger partial charge is 0.391 e. The third-order valence-electron chi connectivity index (χ3n) is 4.05. The highest BCUT2D eigenvalue weighted by Crippen LogP contribution is 2.40. The van der Waals surface area contributed by atoms with Gasteiger partial charge in [0.15, 0.2) is 5.69 Å². The summed E-state index contributed by atoms with van der Waals surface area (Å²) in [6.45, 7) is 0. The van der Waals surface area contributed by atoms with Crippen LogP contribution in [0.4, 0.5) is 13.2 Å². The molecule has 0 N–H and O–H groups in total. The number of pyridine rings is 1. The third-order valence-corrected chi connectivity index (χ3v) is 4.66. The lowest BCUT2D eigenvalue weighted by Crippen LogP contribution is -2.27. The van der Waals surface area contributed by atoms with Crippen molar-refractivity contribution in [1.29, 1.82) is 5.26 Å². The maximum atomic E-state index is 12.7. The van der Waals surface area contributed by atoms with Gasteiger partial charge in [0.25, 0.3) is 0 Å². The minimum Gasteiger partial charge on any atom is -0.481 e. The van der Waals surface area contributed by atoms with Gasteiger partial charge in [0.05, 0.1) is 17.5 Å². The van der Waals surface area contributed by atoms with E-state index in [0.717, 1.165) is 0 Å². The Balaban J connectivity index is 2.07. The van der Waals surface area contributed by atoms with Crippen LogP contribution in [0, 0.1) is 23.2 Å². The average Bonchev–Trinajstić information content (AvgIpc) is 2.52. The number of nitriles is 1. The Kier molecular flexibility index (Phi) is 5.69. The van der Waals surface area contributed by atoms with E-state index in [2.05, 4.69) is 20.9 Å². The molecule has 124 valence electrons. The first-order valence-electron chi connectivity index (χ1n) is 7.24. The van der Waals surface area contributed by atoms with Crippen molar-refractivity contribution in [3.8, 4) is 11.9 Å². The molecular formula is C16H16BrF3N2O. The Morgan fingerprint density at radius 3 is 2.52 bits per heavy atom. The number of allylic oxidation sites excluding steroid dienone is 1. The topological polar surface area (TPSA) is 45.9 Å². The Morgan fingerprint density at radius 1 is 1.35 bits per heavy atom. The molecule has 0 spiro atoms. The number of hydrogen-bond acceptors (Lipinski definition) is 3. The number of alkyl halides is 3. The van der Waals surface area contributed by atoms with Gasteiger partial charge in [-0.3, -0.25) is 0 Å². The van der Waals surface area contributed by atoms with E-state index in [9.17, 15) is 13.2 Å². The summed E-state index contributed by atoms with van der Waals surface area (Å²) in [5.41, 5.74) is 0.918. The van der Waals surface area contributed by atoms with E-state index >= 15 is 0 Å². The lowest BCUT2D eigenvalue weighted by molar-refractivity contribution is -0.183. The standard InChI is InChI=1S/C16H16BrF3N2O/c1-23-15-11(8-13(17)14(9-21)22-15)5-2-10-3-6-12(7-4-10)16(18,19)20/h2,5,8,10,12H,3-4,6-7H2,1H3/b5-2+/t10-,12-. The van der Waals surface area contributed by atoms with Crippen LogP contribution in [0.1, 0.15) is 36.9 Å². The van der Waals surface area contributed by atoms with Gasteiger partial charge < -0.3 is 4.74 Å². The van der Waals surface area contributed by atoms with Crippen LogP contribution >= 0.6 is 15.9 Å². The van der Waals surface area contributed by atoms with E-state index < -0.39 is 12.1 Å². The van der Waals surface area contributed by atoms with E-state index in [1.54, 1.807) is 12.1 Å². The summed E-state index contributed by atoms with van der Waals surface area (Å²) in [6, 6.07) is 3.68. The molecule has 0 bridgehead atoms. The zero-order valence-electron chi connectivity index (χ0n) is 12.5. The second kappa shape index (κ2) is 7.35. The van der Waals surface area contributed by atoms with Crippen LogP contribution in [0.25, 0.3) is 6.08 Å². The number of hydrogen-bond donors (Lipinski definition) is 0. The normalized spacial score (nSPS) is 22.1. The number of halogens is 4. The van der Waals surface area contributed by atoms with Crippen molar-refractivity contribution >= 4 is 22.0 Å². The van der Waals surface area contributed by atoms with Crippen molar-refractivity contribution in [2.75, 3.05) is 7.11 Å². The molecule has 0 amide bonds. The highest BCUT2D eigenvalue weighted by Gasteiger charge is 2.40. The van der Waals surface area contributed by atoms with Crippen LogP contribution in [0.3, 0.4) is 0 Å². The second-order valence-electron chi connectivity index (χ2n) is 5.54. The fourth-order valence-corrected chi connectivity index (χ4v) is 3.15. The van der Waals surface area contributed by atoms with E-state index in [-0.39, 0.29) is 24.5 Å². The van der Waals surface area contributed by atoms with Crippen molar-refractivity contribution in [3.05, 3.63) is 27.9 Å². The van der Waals surface area contributed by atoms with Crippen LogP contribution in [0.5, 0.6) is 5.88 Å². The number of ether oxygens (including phenoxy) is 1. The molecule has 0 unspecified atom stereocenters. The minimum absolute atomic E-state index is 0.118. The van der Waals surface area contributed by atoms with Gasteiger partial charge in [-0.1, -0.05) is 12.2 Å². The average molecular weight is 389 g/mol. The minimum atomic E-state index is -4.08. The molecule has 1 heterocycles. The van der Waals surface area contributed by atoms with Gasteiger partial charge in [0.2, 0.25) is 5.88 Å². The summed E-state index contributed by atoms with van der Waals surface area (Å²) < 4.78 is 43.7. The molecule has 1 aromatic heterocycles. The zero-order valence-corrected chi connectivity index (χ0v) is 14.1. The van der Waals surface area contributed by atoms with Gasteiger partial charge in [-0.25, -0.2) is 4.98 Å². The lowest BCUT2D eigenvalue weighted by Gasteiger charge is -2.28. The first-order chi connectivity index (χ1) is 10.8. The van der Waals surface area contributed by atoms with Crippen LogP contribution in [-0.4, -0.2) is 18.3 Å². The van der Waals surface area contributed by atoms with Gasteiger partial charge >= 0.3 is 6.18 Å². The van der Waals surface area contributed by atoms with Crippen molar-refractivity contribution in [2.45, 2.75) is 31.9 Å². The summed E-state index contributed by atoms with van der Waals surface area (Å²) in [4.78, 5) is 4.09. The summed E-state index contributed by atoms with van der Waals surface area (Å²) >= 11 is 3.27. The summed E-state index contributed by atoms with van der Waals surface area (Å²) in [6.07, 6.45) is 1.01. The van der Waals surface area contributed by atoms with Crippen molar-refractivity contribution in [2.24, 2.45) is 11.8 Å². The molecule has 0 atom stereocenters. The predicted octanol–water partition coefficient (Wildman–Crippen LogP) is 5.11. The van der Waals surface area contributed by atoms with E-state index in [1.165, 1.54) is 7.11 Å². The van der Waals surface area contributed by atoms with Crippen molar-refractivity contribution < 1.29 is 17.9 Å². The van der Waals surface area contributed by atoms with E-state index in [4.69, 9.17) is 10.00 Å². The van der Waals surface area contributed by atoms with Gasteiger partial charge in [0, 0.05) is 5.56 Å².